The molecule has 1 N–H and O–H groups in total. The van der Waals surface area contributed by atoms with Crippen LogP contribution >= 0.6 is 0 Å². The summed E-state index contributed by atoms with van der Waals surface area (Å²) in [6.07, 6.45) is 1.84. The van der Waals surface area contributed by atoms with E-state index in [4.69, 9.17) is 9.47 Å². The molecule has 6 nitrogen and oxygen atoms in total. The maximum Gasteiger partial charge on any atom is 0.310 e. The first-order chi connectivity index (χ1) is 12.9. The molecule has 1 aliphatic heterocycles. The van der Waals surface area contributed by atoms with Crippen LogP contribution in [0.2, 0.25) is 0 Å². The van der Waals surface area contributed by atoms with Crippen molar-refractivity contribution in [3.05, 3.63) is 29.8 Å². The lowest BCUT2D eigenvalue weighted by Gasteiger charge is -2.35. The van der Waals surface area contributed by atoms with Gasteiger partial charge in [0.15, 0.2) is 5.96 Å². The third-order valence-corrected chi connectivity index (χ3v) is 5.11. The van der Waals surface area contributed by atoms with Crippen LogP contribution in [0.15, 0.2) is 29.3 Å². The third kappa shape index (κ3) is 5.62. The van der Waals surface area contributed by atoms with E-state index in [1.807, 2.05) is 19.1 Å². The molecule has 0 saturated carbocycles. The number of piperidine rings is 1. The number of methoxy groups -OCH3 is 1. The Morgan fingerprint density at radius 3 is 2.63 bits per heavy atom. The summed E-state index contributed by atoms with van der Waals surface area (Å²) >= 11 is 0. The van der Waals surface area contributed by atoms with Crippen LogP contribution in [-0.2, 0) is 14.9 Å². The van der Waals surface area contributed by atoms with E-state index in [2.05, 4.69) is 41.2 Å². The highest BCUT2D eigenvalue weighted by molar-refractivity contribution is 5.81. The van der Waals surface area contributed by atoms with Crippen LogP contribution in [0.3, 0.4) is 0 Å². The highest BCUT2D eigenvalue weighted by Crippen LogP contribution is 2.25. The van der Waals surface area contributed by atoms with Crippen molar-refractivity contribution in [1.82, 2.24) is 10.2 Å². The zero-order valence-electron chi connectivity index (χ0n) is 17.2. The topological polar surface area (TPSA) is 63.2 Å². The number of carbonyl (C=O) groups excluding carboxylic acids is 1. The summed E-state index contributed by atoms with van der Waals surface area (Å²) in [5.74, 6) is 1.52. The average Bonchev–Trinajstić information content (AvgIpc) is 2.69. The molecule has 0 spiro atoms. The summed E-state index contributed by atoms with van der Waals surface area (Å²) in [6, 6.07) is 8.17. The molecule has 1 unspecified atom stereocenters. The number of ether oxygens (including phenoxy) is 2. The predicted molar refractivity (Wildman–Crippen MR) is 108 cm³/mol. The Morgan fingerprint density at radius 2 is 2.04 bits per heavy atom. The monoisotopic (exact) mass is 375 g/mol. The van der Waals surface area contributed by atoms with Gasteiger partial charge in [-0.25, -0.2) is 0 Å². The minimum absolute atomic E-state index is 0.0709. The van der Waals surface area contributed by atoms with Gasteiger partial charge in [0.25, 0.3) is 0 Å². The van der Waals surface area contributed by atoms with Crippen LogP contribution in [0.1, 0.15) is 39.2 Å². The molecule has 1 aromatic rings. The molecule has 1 fully saturated rings. The normalized spacial score (nSPS) is 18.2. The molecule has 27 heavy (non-hydrogen) atoms. The fourth-order valence-electron chi connectivity index (χ4n) is 3.40. The van der Waals surface area contributed by atoms with Crippen LogP contribution in [0, 0.1) is 5.92 Å². The molecule has 0 bridgehead atoms. The number of hydrogen-bond donors (Lipinski definition) is 1. The van der Waals surface area contributed by atoms with Gasteiger partial charge in [0.2, 0.25) is 0 Å². The van der Waals surface area contributed by atoms with Crippen LogP contribution in [0.5, 0.6) is 5.75 Å². The van der Waals surface area contributed by atoms with Crippen LogP contribution in [-0.4, -0.2) is 57.2 Å². The summed E-state index contributed by atoms with van der Waals surface area (Å²) in [5.41, 5.74) is 1.16. The van der Waals surface area contributed by atoms with Crippen LogP contribution in [0.4, 0.5) is 0 Å². The van der Waals surface area contributed by atoms with Crippen molar-refractivity contribution in [3.63, 3.8) is 0 Å². The van der Waals surface area contributed by atoms with Crippen molar-refractivity contribution in [1.29, 1.82) is 0 Å². The molecular weight excluding hydrogens is 342 g/mol. The first-order valence-corrected chi connectivity index (χ1v) is 9.68. The van der Waals surface area contributed by atoms with Crippen molar-refractivity contribution in [2.24, 2.45) is 10.9 Å². The summed E-state index contributed by atoms with van der Waals surface area (Å²) in [7, 11) is 3.46. The zero-order chi connectivity index (χ0) is 19.9. The van der Waals surface area contributed by atoms with E-state index in [-0.39, 0.29) is 17.3 Å². The van der Waals surface area contributed by atoms with Crippen molar-refractivity contribution in [2.75, 3.05) is 40.4 Å². The third-order valence-electron chi connectivity index (χ3n) is 5.11. The second-order valence-electron chi connectivity index (χ2n) is 7.55. The van der Waals surface area contributed by atoms with Gasteiger partial charge in [0.05, 0.1) is 19.6 Å². The maximum absolute atomic E-state index is 12.1. The minimum Gasteiger partial charge on any atom is -0.497 e. The number of rotatable bonds is 6. The molecule has 150 valence electrons. The highest BCUT2D eigenvalue weighted by Gasteiger charge is 2.29. The summed E-state index contributed by atoms with van der Waals surface area (Å²) in [5, 5.41) is 3.49. The number of hydrogen-bond acceptors (Lipinski definition) is 4. The van der Waals surface area contributed by atoms with E-state index in [0.29, 0.717) is 13.2 Å². The number of aliphatic imine (C=N–C) groups is 1. The van der Waals surface area contributed by atoms with E-state index >= 15 is 0 Å². The lowest BCUT2D eigenvalue weighted by Crippen LogP contribution is -2.50. The lowest BCUT2D eigenvalue weighted by molar-refractivity contribution is -0.149. The number of nitrogens with zero attached hydrogens (tertiary/aromatic N) is 2. The van der Waals surface area contributed by atoms with Gasteiger partial charge in [-0.2, -0.15) is 0 Å². The van der Waals surface area contributed by atoms with Crippen LogP contribution < -0.4 is 10.1 Å². The molecule has 6 heteroatoms. The van der Waals surface area contributed by atoms with E-state index < -0.39 is 0 Å². The molecule has 0 amide bonds. The Balaban J connectivity index is 1.98. The minimum atomic E-state index is -0.101. The number of guanidine groups is 1. The largest absolute Gasteiger partial charge is 0.497 e. The highest BCUT2D eigenvalue weighted by atomic mass is 16.5. The maximum atomic E-state index is 12.1. The van der Waals surface area contributed by atoms with Crippen molar-refractivity contribution in [3.8, 4) is 5.75 Å². The summed E-state index contributed by atoms with van der Waals surface area (Å²) in [4.78, 5) is 18.7. The van der Waals surface area contributed by atoms with Crippen molar-refractivity contribution < 1.29 is 14.3 Å². The van der Waals surface area contributed by atoms with Crippen LogP contribution in [0.25, 0.3) is 0 Å². The number of esters is 1. The predicted octanol–water partition coefficient (Wildman–Crippen LogP) is 2.82. The first kappa shape index (κ1) is 21.1. The number of nitrogens with one attached hydrogen (secondary N) is 1. The van der Waals surface area contributed by atoms with Crippen molar-refractivity contribution >= 4 is 11.9 Å². The zero-order valence-corrected chi connectivity index (χ0v) is 17.2. The van der Waals surface area contributed by atoms with E-state index in [0.717, 1.165) is 37.6 Å². The van der Waals surface area contributed by atoms with Gasteiger partial charge in [-0.1, -0.05) is 26.0 Å². The average molecular weight is 376 g/mol. The molecule has 0 radical (unpaired) electrons. The number of benzene rings is 1. The van der Waals surface area contributed by atoms with Gasteiger partial charge >= 0.3 is 5.97 Å². The van der Waals surface area contributed by atoms with Gasteiger partial charge in [-0.05, 0) is 37.5 Å². The Bertz CT molecular complexity index is 641. The van der Waals surface area contributed by atoms with Gasteiger partial charge in [0.1, 0.15) is 5.75 Å². The quantitative estimate of drug-likeness (QED) is 0.471. The van der Waals surface area contributed by atoms with Gasteiger partial charge in [0, 0.05) is 32.1 Å². The molecule has 1 aromatic carbocycles. The van der Waals surface area contributed by atoms with Gasteiger partial charge in [-0.3, -0.25) is 9.79 Å². The number of likely N-dealkylation sites (tertiary alicyclic amines) is 1. The Kier molecular flexibility index (Phi) is 7.51. The smallest absolute Gasteiger partial charge is 0.310 e. The second-order valence-corrected chi connectivity index (χ2v) is 7.55. The molecular formula is C21H33N3O3. The molecule has 0 aromatic heterocycles. The molecule has 1 saturated heterocycles. The first-order valence-electron chi connectivity index (χ1n) is 9.68. The molecule has 1 aliphatic rings. The second kappa shape index (κ2) is 9.62. The lowest BCUT2D eigenvalue weighted by atomic mass is 9.84. The van der Waals surface area contributed by atoms with Gasteiger partial charge < -0.3 is 19.7 Å². The van der Waals surface area contributed by atoms with E-state index in [9.17, 15) is 4.79 Å². The molecule has 2 rings (SSSR count). The summed E-state index contributed by atoms with van der Waals surface area (Å²) in [6.45, 7) is 8.98. The molecule has 0 aliphatic carbocycles. The number of carbonyl (C=O) groups is 1. The Hall–Kier alpha value is -2.24. The van der Waals surface area contributed by atoms with Gasteiger partial charge in [-0.15, -0.1) is 0 Å². The van der Waals surface area contributed by atoms with E-state index in [1.54, 1.807) is 14.2 Å². The summed E-state index contributed by atoms with van der Waals surface area (Å²) < 4.78 is 10.4. The Labute approximate surface area is 162 Å². The molecule has 1 heterocycles. The fourth-order valence-corrected chi connectivity index (χ4v) is 3.40. The molecule has 1 atom stereocenters. The fraction of sp³-hybridized carbons (Fsp3) is 0.619. The Morgan fingerprint density at radius 1 is 1.33 bits per heavy atom. The standard InChI is InChI=1S/C21H33N3O3/c1-6-27-19(25)16-8-7-13-24(14-16)20(22-4)23-15-21(2,3)17-9-11-18(26-5)12-10-17/h9-12,16H,6-8,13-15H2,1-5H3,(H,22,23). The van der Waals surface area contributed by atoms with Crippen molar-refractivity contribution in [2.45, 2.75) is 39.0 Å². The van der Waals surface area contributed by atoms with E-state index in [1.165, 1.54) is 5.56 Å². The SMILES string of the molecule is CCOC(=O)C1CCCN(C(=NC)NCC(C)(C)c2ccc(OC)cc2)C1.